The van der Waals surface area contributed by atoms with E-state index in [0.29, 0.717) is 12.1 Å². The van der Waals surface area contributed by atoms with E-state index in [1.165, 1.54) is 6.07 Å². The lowest BCUT2D eigenvalue weighted by Crippen LogP contribution is -2.45. The summed E-state index contributed by atoms with van der Waals surface area (Å²) in [4.78, 5) is 11.7. The van der Waals surface area contributed by atoms with Crippen molar-refractivity contribution >= 4 is 5.91 Å². The van der Waals surface area contributed by atoms with Gasteiger partial charge < -0.3 is 11.1 Å². The van der Waals surface area contributed by atoms with Crippen molar-refractivity contribution in [1.29, 1.82) is 0 Å². The van der Waals surface area contributed by atoms with Gasteiger partial charge in [0.05, 0.1) is 0 Å². The van der Waals surface area contributed by atoms with Crippen LogP contribution in [0.1, 0.15) is 38.7 Å². The van der Waals surface area contributed by atoms with Crippen molar-refractivity contribution < 1.29 is 9.18 Å². The second kappa shape index (κ2) is 5.96. The maximum absolute atomic E-state index is 13.5. The topological polar surface area (TPSA) is 55.1 Å². The molecule has 0 radical (unpaired) electrons. The Labute approximate surface area is 108 Å². The van der Waals surface area contributed by atoms with Gasteiger partial charge in [-0.15, -0.1) is 0 Å². The van der Waals surface area contributed by atoms with Crippen molar-refractivity contribution in [3.8, 4) is 0 Å². The highest BCUT2D eigenvalue weighted by molar-refractivity contribution is 5.76. The number of amides is 1. The van der Waals surface area contributed by atoms with Crippen molar-refractivity contribution in [2.75, 3.05) is 6.54 Å². The van der Waals surface area contributed by atoms with Crippen LogP contribution in [0.3, 0.4) is 0 Å². The number of halogens is 1. The highest BCUT2D eigenvalue weighted by atomic mass is 19.1. The van der Waals surface area contributed by atoms with Crippen LogP contribution in [0.2, 0.25) is 0 Å². The first kappa shape index (κ1) is 14.6. The molecule has 0 aliphatic carbocycles. The van der Waals surface area contributed by atoms with Crippen LogP contribution < -0.4 is 11.1 Å². The second-order valence-corrected chi connectivity index (χ2v) is 5.39. The summed E-state index contributed by atoms with van der Waals surface area (Å²) in [7, 11) is 0. The molecule has 0 saturated heterocycles. The van der Waals surface area contributed by atoms with Crippen LogP contribution in [-0.4, -0.2) is 18.0 Å². The number of hydrogen-bond donors (Lipinski definition) is 2. The summed E-state index contributed by atoms with van der Waals surface area (Å²) in [6.45, 7) is 5.93. The normalized spacial score (nSPS) is 13.2. The average molecular weight is 252 g/mol. The third-order valence-electron chi connectivity index (χ3n) is 2.67. The van der Waals surface area contributed by atoms with Crippen LogP contribution in [-0.2, 0) is 4.79 Å². The Morgan fingerprint density at radius 3 is 2.61 bits per heavy atom. The molecule has 1 atom stereocenters. The Hall–Kier alpha value is -1.42. The number of rotatable bonds is 5. The third-order valence-corrected chi connectivity index (χ3v) is 2.67. The SMILES string of the molecule is CC(CC(=O)NCC(C)(C)N)c1ccccc1F. The fourth-order valence-corrected chi connectivity index (χ4v) is 1.66. The standard InChI is InChI=1S/C14H21FN2O/c1-10(11-6-4-5-7-12(11)15)8-13(18)17-9-14(2,3)16/h4-7,10H,8-9,16H2,1-3H3,(H,17,18). The molecule has 3 N–H and O–H groups in total. The highest BCUT2D eigenvalue weighted by Crippen LogP contribution is 2.21. The van der Waals surface area contributed by atoms with E-state index in [0.717, 1.165) is 0 Å². The smallest absolute Gasteiger partial charge is 0.220 e. The second-order valence-electron chi connectivity index (χ2n) is 5.39. The number of carbonyl (C=O) groups excluding carboxylic acids is 1. The van der Waals surface area contributed by atoms with E-state index < -0.39 is 5.54 Å². The average Bonchev–Trinajstić information content (AvgIpc) is 2.26. The molecule has 0 aliphatic heterocycles. The first-order valence-electron chi connectivity index (χ1n) is 6.09. The summed E-state index contributed by atoms with van der Waals surface area (Å²) in [5.41, 5.74) is 5.91. The minimum Gasteiger partial charge on any atom is -0.354 e. The van der Waals surface area contributed by atoms with E-state index in [2.05, 4.69) is 5.32 Å². The molecule has 1 aromatic carbocycles. The summed E-state index contributed by atoms with van der Waals surface area (Å²) in [5.74, 6) is -0.520. The Morgan fingerprint density at radius 2 is 2.06 bits per heavy atom. The summed E-state index contributed by atoms with van der Waals surface area (Å²) in [6, 6.07) is 6.53. The molecule has 4 heteroatoms. The van der Waals surface area contributed by atoms with Gasteiger partial charge in [0.1, 0.15) is 5.82 Å². The van der Waals surface area contributed by atoms with Gasteiger partial charge in [0, 0.05) is 18.5 Å². The lowest BCUT2D eigenvalue weighted by molar-refractivity contribution is -0.121. The van der Waals surface area contributed by atoms with Gasteiger partial charge in [0.25, 0.3) is 0 Å². The molecule has 0 heterocycles. The van der Waals surface area contributed by atoms with E-state index >= 15 is 0 Å². The minimum atomic E-state index is -0.434. The molecule has 0 bridgehead atoms. The maximum Gasteiger partial charge on any atom is 0.220 e. The largest absolute Gasteiger partial charge is 0.354 e. The zero-order valence-electron chi connectivity index (χ0n) is 11.2. The van der Waals surface area contributed by atoms with Crippen LogP contribution in [0.5, 0.6) is 0 Å². The molecule has 0 aromatic heterocycles. The number of nitrogens with two attached hydrogens (primary N) is 1. The summed E-state index contributed by atoms with van der Waals surface area (Å²) < 4.78 is 13.5. The van der Waals surface area contributed by atoms with Crippen LogP contribution >= 0.6 is 0 Å². The predicted molar refractivity (Wildman–Crippen MR) is 70.7 cm³/mol. The van der Waals surface area contributed by atoms with Crippen molar-refractivity contribution in [1.82, 2.24) is 5.32 Å². The van der Waals surface area contributed by atoms with Gasteiger partial charge in [-0.25, -0.2) is 4.39 Å². The van der Waals surface area contributed by atoms with Crippen LogP contribution in [0.4, 0.5) is 4.39 Å². The van der Waals surface area contributed by atoms with E-state index in [-0.39, 0.29) is 24.1 Å². The molecule has 0 saturated carbocycles. The van der Waals surface area contributed by atoms with Crippen molar-refractivity contribution in [2.24, 2.45) is 5.73 Å². The van der Waals surface area contributed by atoms with Gasteiger partial charge in [0.2, 0.25) is 5.91 Å². The number of nitrogens with one attached hydrogen (secondary N) is 1. The Kier molecular flexibility index (Phi) is 4.84. The predicted octanol–water partition coefficient (Wildman–Crippen LogP) is 2.17. The summed E-state index contributed by atoms with van der Waals surface area (Å²) >= 11 is 0. The van der Waals surface area contributed by atoms with Crippen LogP contribution in [0.25, 0.3) is 0 Å². The van der Waals surface area contributed by atoms with Gasteiger partial charge in [0.15, 0.2) is 0 Å². The van der Waals surface area contributed by atoms with Crippen molar-refractivity contribution in [3.63, 3.8) is 0 Å². The molecule has 1 rings (SSSR count). The maximum atomic E-state index is 13.5. The number of hydrogen-bond acceptors (Lipinski definition) is 2. The third kappa shape index (κ3) is 4.84. The lowest BCUT2D eigenvalue weighted by atomic mass is 9.97. The molecule has 0 spiro atoms. The molecule has 3 nitrogen and oxygen atoms in total. The van der Waals surface area contributed by atoms with Gasteiger partial charge >= 0.3 is 0 Å². The van der Waals surface area contributed by atoms with E-state index in [1.807, 2.05) is 20.8 Å². The van der Waals surface area contributed by atoms with Gasteiger partial charge in [-0.05, 0) is 31.4 Å². The number of benzene rings is 1. The van der Waals surface area contributed by atoms with E-state index in [9.17, 15) is 9.18 Å². The van der Waals surface area contributed by atoms with E-state index in [1.54, 1.807) is 18.2 Å². The van der Waals surface area contributed by atoms with Gasteiger partial charge in [-0.1, -0.05) is 25.1 Å². The molecule has 0 fully saturated rings. The monoisotopic (exact) mass is 252 g/mol. The Bertz CT molecular complexity index is 413. The van der Waals surface area contributed by atoms with Crippen LogP contribution in [0.15, 0.2) is 24.3 Å². The molecule has 1 aromatic rings. The van der Waals surface area contributed by atoms with Crippen LogP contribution in [0, 0.1) is 5.82 Å². The fourth-order valence-electron chi connectivity index (χ4n) is 1.66. The van der Waals surface area contributed by atoms with Gasteiger partial charge in [-0.3, -0.25) is 4.79 Å². The zero-order chi connectivity index (χ0) is 13.8. The zero-order valence-corrected chi connectivity index (χ0v) is 11.2. The summed E-state index contributed by atoms with van der Waals surface area (Å²) in [6.07, 6.45) is 0.261. The van der Waals surface area contributed by atoms with E-state index in [4.69, 9.17) is 5.73 Å². The Morgan fingerprint density at radius 1 is 1.44 bits per heavy atom. The molecule has 1 unspecified atom stereocenters. The molecular formula is C14H21FN2O. The Balaban J connectivity index is 2.53. The van der Waals surface area contributed by atoms with Gasteiger partial charge in [-0.2, -0.15) is 0 Å². The minimum absolute atomic E-state index is 0.107. The van der Waals surface area contributed by atoms with Crippen molar-refractivity contribution in [2.45, 2.75) is 38.6 Å². The molecule has 0 aliphatic rings. The fraction of sp³-hybridized carbons (Fsp3) is 0.500. The highest BCUT2D eigenvalue weighted by Gasteiger charge is 2.16. The van der Waals surface area contributed by atoms with Crippen molar-refractivity contribution in [3.05, 3.63) is 35.6 Å². The molecule has 18 heavy (non-hydrogen) atoms. The summed E-state index contributed by atoms with van der Waals surface area (Å²) in [5, 5.41) is 2.76. The lowest BCUT2D eigenvalue weighted by Gasteiger charge is -2.20. The quantitative estimate of drug-likeness (QED) is 0.844. The first-order valence-corrected chi connectivity index (χ1v) is 6.09. The first-order chi connectivity index (χ1) is 8.29. The molecule has 100 valence electrons. The molecule has 1 amide bonds. The molecular weight excluding hydrogens is 231 g/mol. The number of carbonyl (C=O) groups is 1.